The van der Waals surface area contributed by atoms with Gasteiger partial charge in [0, 0.05) is 29.8 Å². The molecule has 0 saturated carbocycles. The van der Waals surface area contributed by atoms with Crippen molar-refractivity contribution in [2.75, 3.05) is 19.6 Å². The van der Waals surface area contributed by atoms with Crippen LogP contribution in [0.15, 0.2) is 16.7 Å². The van der Waals surface area contributed by atoms with Crippen LogP contribution >= 0.6 is 15.9 Å². The maximum Gasteiger partial charge on any atom is 0.267 e. The smallest absolute Gasteiger partial charge is 0.267 e. The van der Waals surface area contributed by atoms with Gasteiger partial charge in [-0.2, -0.15) is 0 Å². The first-order chi connectivity index (χ1) is 8.56. The second-order valence-corrected chi connectivity index (χ2v) is 6.10. The number of carbonyl (C=O) groups is 1. The highest BCUT2D eigenvalue weighted by Gasteiger charge is 2.24. The summed E-state index contributed by atoms with van der Waals surface area (Å²) in [6.45, 7) is 7.44. The minimum Gasteiger partial charge on any atom is -0.356 e. The Morgan fingerprint density at radius 2 is 2.44 bits per heavy atom. The largest absolute Gasteiger partial charge is 0.356 e. The third-order valence-corrected chi connectivity index (χ3v) is 3.95. The second kappa shape index (κ2) is 5.89. The second-order valence-electron chi connectivity index (χ2n) is 5.18. The van der Waals surface area contributed by atoms with Crippen LogP contribution in [0.25, 0.3) is 0 Å². The minimum atomic E-state index is -0.0244. The van der Waals surface area contributed by atoms with Crippen LogP contribution in [0.2, 0.25) is 0 Å². The molecular formula is C13H20BrN3O. The lowest BCUT2D eigenvalue weighted by Crippen LogP contribution is -2.33. The molecule has 100 valence electrons. The Labute approximate surface area is 116 Å². The molecule has 0 bridgehead atoms. The van der Waals surface area contributed by atoms with E-state index in [1.165, 1.54) is 6.42 Å². The maximum atomic E-state index is 11.9. The van der Waals surface area contributed by atoms with E-state index in [0.29, 0.717) is 17.7 Å². The SMILES string of the molecule is CC(C)N1CCC(CNC(=O)c2cc(Br)c[nH]2)C1. The molecule has 2 heterocycles. The molecule has 0 aromatic carbocycles. The lowest BCUT2D eigenvalue weighted by Gasteiger charge is -2.20. The molecule has 5 heteroatoms. The summed E-state index contributed by atoms with van der Waals surface area (Å²) in [7, 11) is 0. The van der Waals surface area contributed by atoms with Crippen molar-refractivity contribution in [2.24, 2.45) is 5.92 Å². The van der Waals surface area contributed by atoms with Gasteiger partial charge in [0.15, 0.2) is 0 Å². The van der Waals surface area contributed by atoms with Crippen LogP contribution in [-0.4, -0.2) is 41.5 Å². The zero-order valence-electron chi connectivity index (χ0n) is 10.9. The fourth-order valence-electron chi connectivity index (χ4n) is 2.33. The number of amides is 1. The van der Waals surface area contributed by atoms with Crippen LogP contribution in [0.3, 0.4) is 0 Å². The number of aromatic amines is 1. The first-order valence-corrected chi connectivity index (χ1v) is 7.21. The maximum absolute atomic E-state index is 11.9. The lowest BCUT2D eigenvalue weighted by molar-refractivity contribution is 0.0942. The quantitative estimate of drug-likeness (QED) is 0.895. The van der Waals surface area contributed by atoms with E-state index in [9.17, 15) is 4.79 Å². The zero-order valence-corrected chi connectivity index (χ0v) is 12.5. The predicted molar refractivity (Wildman–Crippen MR) is 75.6 cm³/mol. The Morgan fingerprint density at radius 1 is 1.67 bits per heavy atom. The summed E-state index contributed by atoms with van der Waals surface area (Å²) in [6.07, 6.45) is 2.94. The van der Waals surface area contributed by atoms with Crippen LogP contribution < -0.4 is 5.32 Å². The van der Waals surface area contributed by atoms with Crippen molar-refractivity contribution in [1.29, 1.82) is 0 Å². The Hall–Kier alpha value is -0.810. The van der Waals surface area contributed by atoms with Crippen molar-refractivity contribution < 1.29 is 4.79 Å². The van der Waals surface area contributed by atoms with E-state index in [-0.39, 0.29) is 5.91 Å². The average molecular weight is 314 g/mol. The van der Waals surface area contributed by atoms with Gasteiger partial charge in [0.1, 0.15) is 5.69 Å². The third-order valence-electron chi connectivity index (χ3n) is 3.49. The van der Waals surface area contributed by atoms with Crippen LogP contribution in [0.4, 0.5) is 0 Å². The number of hydrogen-bond donors (Lipinski definition) is 2. The van der Waals surface area contributed by atoms with Gasteiger partial charge in [0.25, 0.3) is 5.91 Å². The normalized spacial score (nSPS) is 20.6. The molecule has 0 spiro atoms. The van der Waals surface area contributed by atoms with Gasteiger partial charge in [0.05, 0.1) is 0 Å². The molecule has 1 aromatic heterocycles. The number of rotatable bonds is 4. The number of H-pyrrole nitrogens is 1. The first-order valence-electron chi connectivity index (χ1n) is 6.42. The molecule has 2 N–H and O–H groups in total. The Balaban J connectivity index is 1.77. The van der Waals surface area contributed by atoms with Crippen LogP contribution in [-0.2, 0) is 0 Å². The van der Waals surface area contributed by atoms with Gasteiger partial charge in [-0.1, -0.05) is 0 Å². The highest BCUT2D eigenvalue weighted by molar-refractivity contribution is 9.10. The van der Waals surface area contributed by atoms with Gasteiger partial charge in [-0.05, 0) is 54.7 Å². The fraction of sp³-hybridized carbons (Fsp3) is 0.615. The molecule has 1 amide bonds. The van der Waals surface area contributed by atoms with E-state index >= 15 is 0 Å². The molecule has 1 aliphatic rings. The van der Waals surface area contributed by atoms with Crippen LogP contribution in [0.5, 0.6) is 0 Å². The summed E-state index contributed by atoms with van der Waals surface area (Å²) >= 11 is 3.32. The van der Waals surface area contributed by atoms with Crippen molar-refractivity contribution in [3.8, 4) is 0 Å². The van der Waals surface area contributed by atoms with E-state index in [2.05, 4.69) is 45.0 Å². The van der Waals surface area contributed by atoms with Crippen LogP contribution in [0.1, 0.15) is 30.8 Å². The molecule has 4 nitrogen and oxygen atoms in total. The van der Waals surface area contributed by atoms with Gasteiger partial charge >= 0.3 is 0 Å². The van der Waals surface area contributed by atoms with Crippen LogP contribution in [0, 0.1) is 5.92 Å². The van der Waals surface area contributed by atoms with Gasteiger partial charge in [-0.15, -0.1) is 0 Å². The molecule has 1 atom stereocenters. The molecule has 1 aromatic rings. The summed E-state index contributed by atoms with van der Waals surface area (Å²) in [6, 6.07) is 2.40. The van der Waals surface area contributed by atoms with Gasteiger partial charge in [-0.3, -0.25) is 4.79 Å². The molecule has 1 fully saturated rings. The molecule has 0 aliphatic carbocycles. The predicted octanol–water partition coefficient (Wildman–Crippen LogP) is 2.24. The molecule has 0 radical (unpaired) electrons. The van der Waals surface area contributed by atoms with Gasteiger partial charge in [-0.25, -0.2) is 0 Å². The topological polar surface area (TPSA) is 48.1 Å². The number of hydrogen-bond acceptors (Lipinski definition) is 2. The van der Waals surface area contributed by atoms with Gasteiger partial charge < -0.3 is 15.2 Å². The molecule has 1 unspecified atom stereocenters. The fourth-order valence-corrected chi connectivity index (χ4v) is 2.67. The number of nitrogens with one attached hydrogen (secondary N) is 2. The molecule has 18 heavy (non-hydrogen) atoms. The Kier molecular flexibility index (Phi) is 4.45. The van der Waals surface area contributed by atoms with Crippen molar-refractivity contribution in [3.63, 3.8) is 0 Å². The van der Waals surface area contributed by atoms with E-state index in [0.717, 1.165) is 24.1 Å². The number of aromatic nitrogens is 1. The van der Waals surface area contributed by atoms with Crippen molar-refractivity contribution in [2.45, 2.75) is 26.3 Å². The number of halogens is 1. The molecule has 2 rings (SSSR count). The zero-order chi connectivity index (χ0) is 13.1. The molecule has 1 saturated heterocycles. The first kappa shape index (κ1) is 13.6. The number of carbonyl (C=O) groups excluding carboxylic acids is 1. The van der Waals surface area contributed by atoms with E-state index in [1.54, 1.807) is 12.3 Å². The van der Waals surface area contributed by atoms with E-state index < -0.39 is 0 Å². The van der Waals surface area contributed by atoms with E-state index in [1.807, 2.05) is 0 Å². The Bertz CT molecular complexity index is 416. The van der Waals surface area contributed by atoms with Gasteiger partial charge in [0.2, 0.25) is 0 Å². The summed E-state index contributed by atoms with van der Waals surface area (Å²) in [4.78, 5) is 17.3. The molecule has 1 aliphatic heterocycles. The molecular weight excluding hydrogens is 294 g/mol. The highest BCUT2D eigenvalue weighted by Crippen LogP contribution is 2.18. The van der Waals surface area contributed by atoms with Crippen molar-refractivity contribution >= 4 is 21.8 Å². The lowest BCUT2D eigenvalue weighted by atomic mass is 10.1. The third kappa shape index (κ3) is 3.36. The Morgan fingerprint density at radius 3 is 3.00 bits per heavy atom. The summed E-state index contributed by atoms with van der Waals surface area (Å²) in [5, 5.41) is 3.00. The van der Waals surface area contributed by atoms with Crippen molar-refractivity contribution in [1.82, 2.24) is 15.2 Å². The minimum absolute atomic E-state index is 0.0244. The summed E-state index contributed by atoms with van der Waals surface area (Å²) < 4.78 is 0.902. The standard InChI is InChI=1S/C13H20BrN3O/c1-9(2)17-4-3-10(8-17)6-16-13(18)12-5-11(14)7-15-12/h5,7,9-10,15H,3-4,6,8H2,1-2H3,(H,16,18). The average Bonchev–Trinajstić information content (AvgIpc) is 2.94. The summed E-state index contributed by atoms with van der Waals surface area (Å²) in [5.74, 6) is 0.554. The summed E-state index contributed by atoms with van der Waals surface area (Å²) in [5.41, 5.74) is 0.612. The van der Waals surface area contributed by atoms with Crippen molar-refractivity contribution in [3.05, 3.63) is 22.4 Å². The number of likely N-dealkylation sites (tertiary alicyclic amines) is 1. The number of nitrogens with zero attached hydrogens (tertiary/aromatic N) is 1. The van der Waals surface area contributed by atoms with E-state index in [4.69, 9.17) is 0 Å². The monoisotopic (exact) mass is 313 g/mol. The highest BCUT2D eigenvalue weighted by atomic mass is 79.9.